The molecule has 21 heavy (non-hydrogen) atoms. The second-order valence-corrected chi connectivity index (χ2v) is 6.04. The van der Waals surface area contributed by atoms with Gasteiger partial charge in [0.1, 0.15) is 5.82 Å². The van der Waals surface area contributed by atoms with Crippen LogP contribution in [-0.2, 0) is 0 Å². The van der Waals surface area contributed by atoms with Crippen LogP contribution in [0.2, 0.25) is 5.02 Å². The summed E-state index contributed by atoms with van der Waals surface area (Å²) in [6.07, 6.45) is 0. The molecule has 0 amide bonds. The van der Waals surface area contributed by atoms with Crippen LogP contribution in [0, 0.1) is 6.92 Å². The quantitative estimate of drug-likeness (QED) is 0.689. The van der Waals surface area contributed by atoms with E-state index in [9.17, 15) is 0 Å². The maximum absolute atomic E-state index is 6.09. The number of halogens is 1. The minimum Gasteiger partial charge on any atom is -0.399 e. The Morgan fingerprint density at radius 1 is 1.14 bits per heavy atom. The molecular formula is C17H18ClN3. The lowest BCUT2D eigenvalue weighted by atomic mass is 10.1. The van der Waals surface area contributed by atoms with E-state index in [0.29, 0.717) is 11.1 Å². The van der Waals surface area contributed by atoms with Gasteiger partial charge in [-0.1, -0.05) is 11.6 Å². The third-order valence-electron chi connectivity index (χ3n) is 3.66. The lowest BCUT2D eigenvalue weighted by Gasteiger charge is -2.14. The van der Waals surface area contributed by atoms with Crippen molar-refractivity contribution in [1.82, 2.24) is 9.55 Å². The van der Waals surface area contributed by atoms with Crippen LogP contribution >= 0.6 is 11.6 Å². The van der Waals surface area contributed by atoms with Crippen LogP contribution in [0.1, 0.15) is 25.5 Å². The van der Waals surface area contributed by atoms with Crippen molar-refractivity contribution in [3.63, 3.8) is 0 Å². The number of hydrogen-bond acceptors (Lipinski definition) is 2. The molecule has 0 saturated heterocycles. The van der Waals surface area contributed by atoms with Crippen LogP contribution in [0.25, 0.3) is 22.4 Å². The fourth-order valence-electron chi connectivity index (χ4n) is 2.72. The van der Waals surface area contributed by atoms with Gasteiger partial charge in [-0.25, -0.2) is 4.98 Å². The zero-order chi connectivity index (χ0) is 15.1. The highest BCUT2D eigenvalue weighted by atomic mass is 35.5. The van der Waals surface area contributed by atoms with Gasteiger partial charge in [-0.3, -0.25) is 0 Å². The van der Waals surface area contributed by atoms with Crippen molar-refractivity contribution in [2.45, 2.75) is 26.8 Å². The first-order valence-corrected chi connectivity index (χ1v) is 7.39. The first kappa shape index (κ1) is 14.0. The Balaban J connectivity index is 2.33. The summed E-state index contributed by atoms with van der Waals surface area (Å²) in [5.74, 6) is 0.958. The topological polar surface area (TPSA) is 43.8 Å². The summed E-state index contributed by atoms with van der Waals surface area (Å²) in [6, 6.07) is 12.1. The van der Waals surface area contributed by atoms with E-state index >= 15 is 0 Å². The molecule has 0 aliphatic carbocycles. The molecule has 2 aromatic carbocycles. The van der Waals surface area contributed by atoms with Crippen LogP contribution in [0.15, 0.2) is 36.4 Å². The third kappa shape index (κ3) is 2.38. The van der Waals surface area contributed by atoms with E-state index in [-0.39, 0.29) is 0 Å². The number of aryl methyl sites for hydroxylation is 1. The van der Waals surface area contributed by atoms with Crippen LogP contribution in [0.5, 0.6) is 0 Å². The van der Waals surface area contributed by atoms with Crippen molar-refractivity contribution in [2.24, 2.45) is 0 Å². The van der Waals surface area contributed by atoms with Gasteiger partial charge in [0.05, 0.1) is 11.0 Å². The molecule has 0 unspecified atom stereocenters. The molecule has 0 saturated carbocycles. The fraction of sp³-hybridized carbons (Fsp3) is 0.235. The van der Waals surface area contributed by atoms with Crippen molar-refractivity contribution < 1.29 is 0 Å². The van der Waals surface area contributed by atoms with Crippen LogP contribution in [0.4, 0.5) is 5.69 Å². The Morgan fingerprint density at radius 2 is 1.90 bits per heavy atom. The Hall–Kier alpha value is -2.00. The summed E-state index contributed by atoms with van der Waals surface area (Å²) in [7, 11) is 0. The van der Waals surface area contributed by atoms with Crippen molar-refractivity contribution in [3.05, 3.63) is 47.0 Å². The van der Waals surface area contributed by atoms with Gasteiger partial charge in [-0.2, -0.15) is 0 Å². The Kier molecular flexibility index (Phi) is 3.38. The standard InChI is InChI=1S/C17H18ClN3/c1-10(2)21-16-7-4-12(18)9-15(16)20-17(21)14-6-5-13(19)8-11(14)3/h4-10H,19H2,1-3H3. The SMILES string of the molecule is Cc1cc(N)ccc1-c1nc2cc(Cl)ccc2n1C(C)C. The van der Waals surface area contributed by atoms with Gasteiger partial charge < -0.3 is 10.3 Å². The fourth-order valence-corrected chi connectivity index (χ4v) is 2.89. The Morgan fingerprint density at radius 3 is 2.57 bits per heavy atom. The molecule has 0 atom stereocenters. The summed E-state index contributed by atoms with van der Waals surface area (Å²) in [5, 5.41) is 0.705. The summed E-state index contributed by atoms with van der Waals surface area (Å²) < 4.78 is 2.24. The number of imidazole rings is 1. The molecule has 0 aliphatic rings. The lowest BCUT2D eigenvalue weighted by molar-refractivity contribution is 0.624. The number of aromatic nitrogens is 2. The lowest BCUT2D eigenvalue weighted by Crippen LogP contribution is -2.04. The molecule has 0 radical (unpaired) electrons. The molecule has 0 bridgehead atoms. The van der Waals surface area contributed by atoms with Crippen molar-refractivity contribution in [1.29, 1.82) is 0 Å². The molecule has 0 spiro atoms. The number of anilines is 1. The van der Waals surface area contributed by atoms with Crippen LogP contribution in [0.3, 0.4) is 0 Å². The predicted molar refractivity (Wildman–Crippen MR) is 89.7 cm³/mol. The molecule has 1 heterocycles. The number of nitrogens with two attached hydrogens (primary N) is 1. The highest BCUT2D eigenvalue weighted by Gasteiger charge is 2.16. The number of fused-ring (bicyclic) bond motifs is 1. The van der Waals surface area contributed by atoms with Gasteiger partial charge in [-0.05, 0) is 62.7 Å². The summed E-state index contributed by atoms with van der Waals surface area (Å²) in [6.45, 7) is 6.38. The Bertz CT molecular complexity index is 818. The molecule has 3 rings (SSSR count). The zero-order valence-electron chi connectivity index (χ0n) is 12.4. The molecule has 3 aromatic rings. The van der Waals surface area contributed by atoms with Gasteiger partial charge in [0.2, 0.25) is 0 Å². The maximum Gasteiger partial charge on any atom is 0.141 e. The largest absolute Gasteiger partial charge is 0.399 e. The van der Waals surface area contributed by atoms with Crippen molar-refractivity contribution >= 4 is 28.3 Å². The molecular weight excluding hydrogens is 282 g/mol. The second-order valence-electron chi connectivity index (χ2n) is 5.61. The highest BCUT2D eigenvalue weighted by Crippen LogP contribution is 2.32. The number of benzene rings is 2. The van der Waals surface area contributed by atoms with E-state index in [0.717, 1.165) is 33.7 Å². The summed E-state index contributed by atoms with van der Waals surface area (Å²) in [5.41, 5.74) is 10.9. The summed E-state index contributed by atoms with van der Waals surface area (Å²) >= 11 is 6.09. The predicted octanol–water partition coefficient (Wildman–Crippen LogP) is 4.83. The first-order chi connectivity index (χ1) is 9.97. The third-order valence-corrected chi connectivity index (χ3v) is 3.89. The monoisotopic (exact) mass is 299 g/mol. The maximum atomic E-state index is 6.09. The summed E-state index contributed by atoms with van der Waals surface area (Å²) in [4.78, 5) is 4.79. The minimum absolute atomic E-state index is 0.308. The second kappa shape index (κ2) is 5.08. The van der Waals surface area contributed by atoms with E-state index in [1.165, 1.54) is 0 Å². The molecule has 0 fully saturated rings. The normalized spacial score (nSPS) is 11.5. The molecule has 0 aliphatic heterocycles. The first-order valence-electron chi connectivity index (χ1n) is 7.01. The van der Waals surface area contributed by atoms with Crippen molar-refractivity contribution in [3.8, 4) is 11.4 Å². The van der Waals surface area contributed by atoms with Gasteiger partial charge in [0, 0.05) is 22.3 Å². The molecule has 3 nitrogen and oxygen atoms in total. The molecule has 2 N–H and O–H groups in total. The van der Waals surface area contributed by atoms with E-state index in [1.54, 1.807) is 0 Å². The number of rotatable bonds is 2. The highest BCUT2D eigenvalue weighted by molar-refractivity contribution is 6.31. The molecule has 1 aromatic heterocycles. The zero-order valence-corrected chi connectivity index (χ0v) is 13.1. The number of hydrogen-bond donors (Lipinski definition) is 1. The molecule has 4 heteroatoms. The van der Waals surface area contributed by atoms with Crippen LogP contribution < -0.4 is 5.73 Å². The van der Waals surface area contributed by atoms with E-state index < -0.39 is 0 Å². The van der Waals surface area contributed by atoms with Gasteiger partial charge >= 0.3 is 0 Å². The van der Waals surface area contributed by atoms with E-state index in [1.807, 2.05) is 36.4 Å². The average Bonchev–Trinajstić information content (AvgIpc) is 2.76. The van der Waals surface area contributed by atoms with Gasteiger partial charge in [-0.15, -0.1) is 0 Å². The number of nitrogen functional groups attached to an aromatic ring is 1. The van der Waals surface area contributed by atoms with Crippen molar-refractivity contribution in [2.75, 3.05) is 5.73 Å². The molecule has 108 valence electrons. The van der Waals surface area contributed by atoms with E-state index in [2.05, 4.69) is 25.3 Å². The Labute approximate surface area is 129 Å². The van der Waals surface area contributed by atoms with Gasteiger partial charge in [0.25, 0.3) is 0 Å². The smallest absolute Gasteiger partial charge is 0.141 e. The van der Waals surface area contributed by atoms with Gasteiger partial charge in [0.15, 0.2) is 0 Å². The van der Waals surface area contributed by atoms with Crippen LogP contribution in [-0.4, -0.2) is 9.55 Å². The minimum atomic E-state index is 0.308. The average molecular weight is 300 g/mol. The number of nitrogens with zero attached hydrogens (tertiary/aromatic N) is 2. The van der Waals surface area contributed by atoms with E-state index in [4.69, 9.17) is 22.3 Å².